The van der Waals surface area contributed by atoms with E-state index in [1.165, 1.54) is 12.1 Å². The fourth-order valence-electron chi connectivity index (χ4n) is 0.512. The SMILES string of the molecule is O=C(O)c1n[c]ccc1O. The van der Waals surface area contributed by atoms with Gasteiger partial charge in [0.15, 0.2) is 5.69 Å². The maximum atomic E-state index is 10.2. The molecule has 0 spiro atoms. The lowest BCUT2D eigenvalue weighted by molar-refractivity contribution is 0.0687. The van der Waals surface area contributed by atoms with Gasteiger partial charge in [-0.15, -0.1) is 0 Å². The molecule has 0 unspecified atom stereocenters. The van der Waals surface area contributed by atoms with E-state index in [4.69, 9.17) is 10.2 Å². The molecule has 1 aromatic heterocycles. The number of carbonyl (C=O) groups is 1. The normalized spacial score (nSPS) is 9.20. The number of pyridine rings is 1. The minimum atomic E-state index is -1.26. The summed E-state index contributed by atoms with van der Waals surface area (Å²) >= 11 is 0. The summed E-state index contributed by atoms with van der Waals surface area (Å²) in [5, 5.41) is 17.1. The molecule has 0 aliphatic carbocycles. The van der Waals surface area contributed by atoms with Crippen LogP contribution in [0, 0.1) is 6.20 Å². The van der Waals surface area contributed by atoms with Crippen molar-refractivity contribution in [2.45, 2.75) is 0 Å². The summed E-state index contributed by atoms with van der Waals surface area (Å²) in [6.07, 6.45) is 2.29. The topological polar surface area (TPSA) is 70.4 Å². The predicted octanol–water partition coefficient (Wildman–Crippen LogP) is 0.286. The van der Waals surface area contributed by atoms with Gasteiger partial charge < -0.3 is 10.2 Å². The lowest BCUT2D eigenvalue weighted by Crippen LogP contribution is -1.99. The molecule has 2 N–H and O–H groups in total. The van der Waals surface area contributed by atoms with E-state index >= 15 is 0 Å². The van der Waals surface area contributed by atoms with E-state index in [1.54, 1.807) is 0 Å². The zero-order chi connectivity index (χ0) is 7.56. The summed E-state index contributed by atoms with van der Waals surface area (Å²) in [6, 6.07) is 2.55. The van der Waals surface area contributed by atoms with Gasteiger partial charge in [0.05, 0.1) is 6.20 Å². The van der Waals surface area contributed by atoms with E-state index in [9.17, 15) is 4.79 Å². The standard InChI is InChI=1S/C6H4NO3/c8-4-2-1-3-7-5(4)6(9)10/h1-2,8H,(H,9,10). The zero-order valence-corrected chi connectivity index (χ0v) is 4.90. The smallest absolute Gasteiger partial charge is 0.358 e. The van der Waals surface area contributed by atoms with Gasteiger partial charge in [0.2, 0.25) is 0 Å². The lowest BCUT2D eigenvalue weighted by Gasteiger charge is -1.93. The number of carboxylic acids is 1. The Kier molecular flexibility index (Phi) is 1.53. The molecule has 0 saturated heterocycles. The number of hydrogen-bond donors (Lipinski definition) is 2. The van der Waals surface area contributed by atoms with E-state index in [0.29, 0.717) is 0 Å². The Bertz CT molecular complexity index is 259. The van der Waals surface area contributed by atoms with Crippen molar-refractivity contribution in [2.24, 2.45) is 0 Å². The van der Waals surface area contributed by atoms with Crippen LogP contribution >= 0.6 is 0 Å². The third-order valence-electron chi connectivity index (χ3n) is 0.937. The highest BCUT2D eigenvalue weighted by Gasteiger charge is 2.08. The first-order chi connectivity index (χ1) is 4.72. The number of rotatable bonds is 1. The number of carboxylic acid groups (broad SMARTS) is 1. The Balaban J connectivity index is 3.15. The van der Waals surface area contributed by atoms with Crippen molar-refractivity contribution in [1.29, 1.82) is 0 Å². The Morgan fingerprint density at radius 1 is 1.70 bits per heavy atom. The Hall–Kier alpha value is -1.58. The highest BCUT2D eigenvalue weighted by Crippen LogP contribution is 2.10. The maximum absolute atomic E-state index is 10.2. The average Bonchev–Trinajstić information content (AvgIpc) is 1.88. The fourth-order valence-corrected chi connectivity index (χ4v) is 0.512. The third-order valence-corrected chi connectivity index (χ3v) is 0.937. The number of hydrogen-bond acceptors (Lipinski definition) is 3. The molecule has 0 atom stereocenters. The average molecular weight is 138 g/mol. The van der Waals surface area contributed by atoms with Gasteiger partial charge in [-0.3, -0.25) is 0 Å². The van der Waals surface area contributed by atoms with E-state index in [1.807, 2.05) is 0 Å². The van der Waals surface area contributed by atoms with E-state index in [-0.39, 0.29) is 11.4 Å². The van der Waals surface area contributed by atoms with Crippen molar-refractivity contribution < 1.29 is 15.0 Å². The molecule has 1 rings (SSSR count). The first-order valence-corrected chi connectivity index (χ1v) is 2.51. The Morgan fingerprint density at radius 2 is 2.40 bits per heavy atom. The molecule has 4 heteroatoms. The highest BCUT2D eigenvalue weighted by atomic mass is 16.4. The molecule has 0 bridgehead atoms. The molecule has 0 amide bonds. The van der Waals surface area contributed by atoms with Crippen LogP contribution in [0.4, 0.5) is 0 Å². The van der Waals surface area contributed by atoms with Crippen LogP contribution in [0.15, 0.2) is 12.1 Å². The molecule has 0 aliphatic rings. The fraction of sp³-hybridized carbons (Fsp3) is 0. The lowest BCUT2D eigenvalue weighted by atomic mass is 10.3. The summed E-state index contributed by atoms with van der Waals surface area (Å²) < 4.78 is 0. The van der Waals surface area contributed by atoms with Crippen molar-refractivity contribution in [3.05, 3.63) is 24.0 Å². The van der Waals surface area contributed by atoms with Crippen molar-refractivity contribution >= 4 is 5.97 Å². The molecule has 0 saturated carbocycles. The van der Waals surface area contributed by atoms with Crippen LogP contribution in [0.25, 0.3) is 0 Å². The Labute approximate surface area is 56.8 Å². The first kappa shape index (κ1) is 6.54. The van der Waals surface area contributed by atoms with E-state index < -0.39 is 5.97 Å². The second-order valence-electron chi connectivity index (χ2n) is 1.61. The predicted molar refractivity (Wildman–Crippen MR) is 31.7 cm³/mol. The van der Waals surface area contributed by atoms with Gasteiger partial charge in [-0.2, -0.15) is 0 Å². The van der Waals surface area contributed by atoms with Crippen LogP contribution in [0.3, 0.4) is 0 Å². The molecular formula is C6H4NO3. The zero-order valence-electron chi connectivity index (χ0n) is 4.90. The first-order valence-electron chi connectivity index (χ1n) is 2.51. The van der Waals surface area contributed by atoms with E-state index in [0.717, 1.165) is 0 Å². The molecule has 0 aromatic carbocycles. The van der Waals surface area contributed by atoms with Crippen molar-refractivity contribution in [3.8, 4) is 5.75 Å². The van der Waals surface area contributed by atoms with Crippen LogP contribution in [0.2, 0.25) is 0 Å². The third kappa shape index (κ3) is 1.05. The summed E-state index contributed by atoms with van der Waals surface area (Å²) in [4.78, 5) is 13.5. The second-order valence-corrected chi connectivity index (χ2v) is 1.61. The van der Waals surface area contributed by atoms with Crippen molar-refractivity contribution in [3.63, 3.8) is 0 Å². The molecule has 51 valence electrons. The summed E-state index contributed by atoms with van der Waals surface area (Å²) in [5.41, 5.74) is -0.373. The van der Waals surface area contributed by atoms with Gasteiger partial charge in [-0.1, -0.05) is 0 Å². The van der Waals surface area contributed by atoms with Crippen molar-refractivity contribution in [2.75, 3.05) is 0 Å². The van der Waals surface area contributed by atoms with Gasteiger partial charge in [0.1, 0.15) is 5.75 Å². The molecule has 0 aliphatic heterocycles. The molecule has 10 heavy (non-hydrogen) atoms. The molecule has 1 aromatic rings. The minimum Gasteiger partial charge on any atom is -0.505 e. The number of aromatic carboxylic acids is 1. The van der Waals surface area contributed by atoms with Gasteiger partial charge >= 0.3 is 5.97 Å². The number of aromatic nitrogens is 1. The van der Waals surface area contributed by atoms with Gasteiger partial charge in [0.25, 0.3) is 0 Å². The van der Waals surface area contributed by atoms with Gasteiger partial charge in [-0.05, 0) is 12.1 Å². The molecule has 4 nitrogen and oxygen atoms in total. The molecular weight excluding hydrogens is 134 g/mol. The van der Waals surface area contributed by atoms with Crippen LogP contribution in [0.1, 0.15) is 10.5 Å². The van der Waals surface area contributed by atoms with Gasteiger partial charge in [-0.25, -0.2) is 9.78 Å². The number of nitrogens with zero attached hydrogens (tertiary/aromatic N) is 1. The summed E-state index contributed by atoms with van der Waals surface area (Å²) in [6.45, 7) is 0. The van der Waals surface area contributed by atoms with Crippen LogP contribution in [0.5, 0.6) is 5.75 Å². The molecule has 0 fully saturated rings. The molecule has 1 heterocycles. The van der Waals surface area contributed by atoms with Crippen LogP contribution in [-0.4, -0.2) is 21.2 Å². The number of aromatic hydroxyl groups is 1. The van der Waals surface area contributed by atoms with Crippen LogP contribution < -0.4 is 0 Å². The van der Waals surface area contributed by atoms with Crippen LogP contribution in [-0.2, 0) is 0 Å². The quantitative estimate of drug-likeness (QED) is 0.585. The Morgan fingerprint density at radius 3 is 2.80 bits per heavy atom. The summed E-state index contributed by atoms with van der Waals surface area (Å²) in [5.74, 6) is -1.60. The van der Waals surface area contributed by atoms with E-state index in [2.05, 4.69) is 11.2 Å². The summed E-state index contributed by atoms with van der Waals surface area (Å²) in [7, 11) is 0. The second kappa shape index (κ2) is 2.34. The minimum absolute atomic E-state index is 0.341. The monoisotopic (exact) mass is 138 g/mol. The van der Waals surface area contributed by atoms with Crippen molar-refractivity contribution in [1.82, 2.24) is 4.98 Å². The maximum Gasteiger partial charge on any atom is 0.358 e. The highest BCUT2D eigenvalue weighted by molar-refractivity contribution is 5.88. The molecule has 1 radical (unpaired) electrons. The van der Waals surface area contributed by atoms with Gasteiger partial charge in [0, 0.05) is 0 Å². The largest absolute Gasteiger partial charge is 0.505 e.